The molecular formula is C22H25N3O2. The summed E-state index contributed by atoms with van der Waals surface area (Å²) in [7, 11) is 0. The number of nitrogens with zero attached hydrogens (tertiary/aromatic N) is 3. The average Bonchev–Trinajstić information content (AvgIpc) is 2.64. The number of para-hydroxylation sites is 1. The quantitative estimate of drug-likeness (QED) is 0.899. The van der Waals surface area contributed by atoms with Crippen molar-refractivity contribution in [3.63, 3.8) is 0 Å². The Morgan fingerprint density at radius 3 is 2.63 bits per heavy atom. The molecule has 1 heterocycles. The number of hydrogen-bond acceptors (Lipinski definition) is 4. The fraction of sp³-hybridized carbons (Fsp3) is 0.364. The molecule has 27 heavy (non-hydrogen) atoms. The van der Waals surface area contributed by atoms with Crippen LogP contribution in [0.2, 0.25) is 0 Å². The molecule has 2 aromatic carbocycles. The highest BCUT2D eigenvalue weighted by molar-refractivity contribution is 5.89. The summed E-state index contributed by atoms with van der Waals surface area (Å²) in [6.07, 6.45) is 0. The number of anilines is 1. The molecule has 0 radical (unpaired) electrons. The maximum atomic E-state index is 11.5. The van der Waals surface area contributed by atoms with E-state index in [0.29, 0.717) is 17.2 Å². The molecule has 0 aromatic heterocycles. The molecule has 140 valence electrons. The van der Waals surface area contributed by atoms with Crippen LogP contribution < -0.4 is 4.90 Å². The van der Waals surface area contributed by atoms with Gasteiger partial charge in [0, 0.05) is 32.2 Å². The molecule has 1 aliphatic rings. The topological polar surface area (TPSA) is 67.6 Å². The first-order chi connectivity index (χ1) is 12.9. The van der Waals surface area contributed by atoms with E-state index in [1.807, 2.05) is 50.2 Å². The summed E-state index contributed by atoms with van der Waals surface area (Å²) in [4.78, 5) is 16.1. The smallest absolute Gasteiger partial charge is 0.335 e. The van der Waals surface area contributed by atoms with Crippen LogP contribution in [0.4, 0.5) is 5.69 Å². The van der Waals surface area contributed by atoms with E-state index in [0.717, 1.165) is 48.6 Å². The van der Waals surface area contributed by atoms with Gasteiger partial charge in [0.1, 0.15) is 6.07 Å². The van der Waals surface area contributed by atoms with Gasteiger partial charge in [-0.25, -0.2) is 4.79 Å². The molecule has 0 amide bonds. The van der Waals surface area contributed by atoms with Crippen LogP contribution in [0.15, 0.2) is 36.4 Å². The molecule has 1 atom stereocenters. The van der Waals surface area contributed by atoms with Crippen molar-refractivity contribution in [1.29, 1.82) is 5.26 Å². The number of carbonyl (C=O) groups is 1. The van der Waals surface area contributed by atoms with Gasteiger partial charge in [-0.1, -0.05) is 18.2 Å². The third-order valence-electron chi connectivity index (χ3n) is 5.42. The van der Waals surface area contributed by atoms with Crippen LogP contribution in [0.5, 0.6) is 0 Å². The van der Waals surface area contributed by atoms with Crippen LogP contribution >= 0.6 is 0 Å². The highest BCUT2D eigenvalue weighted by Gasteiger charge is 2.25. The van der Waals surface area contributed by atoms with Gasteiger partial charge in [-0.15, -0.1) is 0 Å². The fourth-order valence-electron chi connectivity index (χ4n) is 3.81. The average molecular weight is 363 g/mol. The Labute approximate surface area is 160 Å². The van der Waals surface area contributed by atoms with Gasteiger partial charge in [0.2, 0.25) is 0 Å². The Morgan fingerprint density at radius 2 is 1.96 bits per heavy atom. The van der Waals surface area contributed by atoms with Crippen LogP contribution in [0.1, 0.15) is 39.5 Å². The first kappa shape index (κ1) is 18.9. The summed E-state index contributed by atoms with van der Waals surface area (Å²) in [5, 5.41) is 18.8. The second kappa shape index (κ2) is 7.81. The molecule has 0 bridgehead atoms. The number of benzene rings is 2. The predicted octanol–water partition coefficient (Wildman–Crippen LogP) is 3.58. The fourth-order valence-corrected chi connectivity index (χ4v) is 3.81. The summed E-state index contributed by atoms with van der Waals surface area (Å²) in [6.45, 7) is 9.36. The first-order valence-corrected chi connectivity index (χ1v) is 9.22. The zero-order valence-electron chi connectivity index (χ0n) is 16.1. The largest absolute Gasteiger partial charge is 0.478 e. The van der Waals surface area contributed by atoms with Crippen molar-refractivity contribution in [2.75, 3.05) is 24.5 Å². The van der Waals surface area contributed by atoms with Crippen molar-refractivity contribution in [2.45, 2.75) is 33.4 Å². The molecule has 5 nitrogen and oxygen atoms in total. The Hall–Kier alpha value is -2.84. The van der Waals surface area contributed by atoms with E-state index < -0.39 is 5.97 Å². The van der Waals surface area contributed by atoms with Crippen LogP contribution in [0.25, 0.3) is 0 Å². The van der Waals surface area contributed by atoms with Gasteiger partial charge >= 0.3 is 5.97 Å². The number of hydrogen-bond donors (Lipinski definition) is 1. The van der Waals surface area contributed by atoms with E-state index in [1.54, 1.807) is 0 Å². The minimum absolute atomic E-state index is 0.305. The minimum atomic E-state index is -0.875. The van der Waals surface area contributed by atoms with E-state index in [9.17, 15) is 15.2 Å². The number of aryl methyl sites for hydroxylation is 2. The highest BCUT2D eigenvalue weighted by atomic mass is 16.4. The van der Waals surface area contributed by atoms with Gasteiger partial charge in [0.05, 0.1) is 16.8 Å². The third kappa shape index (κ3) is 3.96. The lowest BCUT2D eigenvalue weighted by molar-refractivity contribution is 0.0696. The van der Waals surface area contributed by atoms with E-state index in [2.05, 4.69) is 22.8 Å². The second-order valence-electron chi connectivity index (χ2n) is 7.29. The maximum absolute atomic E-state index is 11.5. The summed E-state index contributed by atoms with van der Waals surface area (Å²) < 4.78 is 0. The van der Waals surface area contributed by atoms with Crippen molar-refractivity contribution in [1.82, 2.24) is 4.90 Å². The summed E-state index contributed by atoms with van der Waals surface area (Å²) in [5.41, 5.74) is 5.07. The van der Waals surface area contributed by atoms with Crippen molar-refractivity contribution in [2.24, 2.45) is 0 Å². The molecule has 1 fully saturated rings. The van der Waals surface area contributed by atoms with Gasteiger partial charge in [0.25, 0.3) is 0 Å². The van der Waals surface area contributed by atoms with Crippen LogP contribution in [0, 0.1) is 25.2 Å². The molecule has 0 unspecified atom stereocenters. The Balaban J connectivity index is 1.76. The Bertz CT molecular complexity index is 901. The lowest BCUT2D eigenvalue weighted by Crippen LogP contribution is -2.51. The Morgan fingerprint density at radius 1 is 1.22 bits per heavy atom. The summed E-state index contributed by atoms with van der Waals surface area (Å²) in [6, 6.07) is 14.1. The molecular weight excluding hydrogens is 338 g/mol. The molecule has 1 aliphatic heterocycles. The molecule has 0 spiro atoms. The third-order valence-corrected chi connectivity index (χ3v) is 5.42. The number of carboxylic acids is 1. The number of nitriles is 1. The number of carboxylic acid groups (broad SMARTS) is 1. The van der Waals surface area contributed by atoms with E-state index >= 15 is 0 Å². The molecule has 3 rings (SSSR count). The van der Waals surface area contributed by atoms with E-state index in [4.69, 9.17) is 0 Å². The monoisotopic (exact) mass is 363 g/mol. The normalized spacial score (nSPS) is 17.6. The zero-order chi connectivity index (χ0) is 19.6. The van der Waals surface area contributed by atoms with Gasteiger partial charge in [-0.3, -0.25) is 4.90 Å². The lowest BCUT2D eigenvalue weighted by atomic mass is 9.98. The van der Waals surface area contributed by atoms with Gasteiger partial charge in [0.15, 0.2) is 0 Å². The van der Waals surface area contributed by atoms with E-state index in [-0.39, 0.29) is 0 Å². The summed E-state index contributed by atoms with van der Waals surface area (Å²) in [5.74, 6) is -0.875. The standard InChI is InChI=1S/C22H25N3O2/c1-15-10-16(2)20(22(26)27)11-19(15)14-24-8-9-25(13-17(24)3)21-7-5-4-6-18(21)12-23/h4-7,10-11,17H,8-9,13-14H2,1-3H3,(H,26,27)/t17-/m0/s1. The number of piperazine rings is 1. The zero-order valence-corrected chi connectivity index (χ0v) is 16.1. The van der Waals surface area contributed by atoms with Crippen molar-refractivity contribution in [3.05, 3.63) is 64.2 Å². The van der Waals surface area contributed by atoms with Crippen LogP contribution in [0.3, 0.4) is 0 Å². The number of aromatic carboxylic acids is 1. The second-order valence-corrected chi connectivity index (χ2v) is 7.29. The molecule has 5 heteroatoms. The highest BCUT2D eigenvalue weighted by Crippen LogP contribution is 2.25. The van der Waals surface area contributed by atoms with Crippen LogP contribution in [-0.2, 0) is 6.54 Å². The first-order valence-electron chi connectivity index (χ1n) is 9.22. The van der Waals surface area contributed by atoms with Crippen molar-refractivity contribution in [3.8, 4) is 6.07 Å². The van der Waals surface area contributed by atoms with Crippen molar-refractivity contribution < 1.29 is 9.90 Å². The van der Waals surface area contributed by atoms with Crippen molar-refractivity contribution >= 4 is 11.7 Å². The molecule has 1 saturated heterocycles. The van der Waals surface area contributed by atoms with Gasteiger partial charge < -0.3 is 10.0 Å². The number of rotatable bonds is 4. The summed E-state index contributed by atoms with van der Waals surface area (Å²) >= 11 is 0. The maximum Gasteiger partial charge on any atom is 0.335 e. The molecule has 0 saturated carbocycles. The van der Waals surface area contributed by atoms with Gasteiger partial charge in [-0.2, -0.15) is 5.26 Å². The SMILES string of the molecule is Cc1cc(C)c(C(=O)O)cc1CN1CCN(c2ccccc2C#N)C[C@@H]1C. The minimum Gasteiger partial charge on any atom is -0.478 e. The lowest BCUT2D eigenvalue weighted by Gasteiger charge is -2.41. The molecule has 2 aromatic rings. The van der Waals surface area contributed by atoms with Crippen LogP contribution in [-0.4, -0.2) is 41.7 Å². The van der Waals surface area contributed by atoms with Gasteiger partial charge in [-0.05, 0) is 55.7 Å². The Kier molecular flexibility index (Phi) is 5.48. The molecule has 1 N–H and O–H groups in total. The molecule has 0 aliphatic carbocycles. The predicted molar refractivity (Wildman–Crippen MR) is 106 cm³/mol. The van der Waals surface area contributed by atoms with E-state index in [1.165, 1.54) is 0 Å².